The summed E-state index contributed by atoms with van der Waals surface area (Å²) in [5.74, 6) is -0.890. The summed E-state index contributed by atoms with van der Waals surface area (Å²) < 4.78 is 17.0. The number of carbonyl (C=O) groups excluding carboxylic acids is 3. The van der Waals surface area contributed by atoms with E-state index in [0.29, 0.717) is 19.3 Å². The molecule has 0 N–H and O–H groups in total. The van der Waals surface area contributed by atoms with E-state index in [1.807, 2.05) is 0 Å². The lowest BCUT2D eigenvalue weighted by Crippen LogP contribution is -2.30. The maximum Gasteiger partial charge on any atom is 0.306 e. The van der Waals surface area contributed by atoms with Crippen molar-refractivity contribution in [2.24, 2.45) is 0 Å². The summed E-state index contributed by atoms with van der Waals surface area (Å²) in [6.45, 7) is 6.53. The minimum absolute atomic E-state index is 0.0840. The molecule has 0 spiro atoms. The van der Waals surface area contributed by atoms with E-state index in [-0.39, 0.29) is 31.1 Å². The number of hydrogen-bond donors (Lipinski definition) is 0. The molecule has 0 aromatic heterocycles. The van der Waals surface area contributed by atoms with Crippen molar-refractivity contribution >= 4 is 17.9 Å². The van der Waals surface area contributed by atoms with Gasteiger partial charge in [-0.05, 0) is 122 Å². The Balaban J connectivity index is 4.41. The highest BCUT2D eigenvalue weighted by Gasteiger charge is 2.19. The van der Waals surface area contributed by atoms with Gasteiger partial charge in [0.05, 0.1) is 0 Å². The van der Waals surface area contributed by atoms with E-state index in [0.717, 1.165) is 103 Å². The number of hydrogen-bond acceptors (Lipinski definition) is 6. The van der Waals surface area contributed by atoms with Crippen molar-refractivity contribution in [1.29, 1.82) is 0 Å². The van der Waals surface area contributed by atoms with Gasteiger partial charge in [-0.15, -0.1) is 0 Å². The zero-order valence-electron chi connectivity index (χ0n) is 52.1. The van der Waals surface area contributed by atoms with Gasteiger partial charge in [-0.3, -0.25) is 14.4 Å². The largest absolute Gasteiger partial charge is 0.462 e. The van der Waals surface area contributed by atoms with Gasteiger partial charge in [0.25, 0.3) is 0 Å². The van der Waals surface area contributed by atoms with Gasteiger partial charge in [0, 0.05) is 19.3 Å². The highest BCUT2D eigenvalue weighted by Crippen LogP contribution is 2.16. The van der Waals surface area contributed by atoms with Gasteiger partial charge in [-0.1, -0.05) is 285 Å². The third-order valence-corrected chi connectivity index (χ3v) is 14.5. The predicted molar refractivity (Wildman–Crippen MR) is 344 cm³/mol. The molecule has 0 aliphatic heterocycles. The fraction of sp³-hybridized carbons (Fsp3) is 0.740. The van der Waals surface area contributed by atoms with Crippen LogP contribution in [0, 0.1) is 0 Å². The molecule has 0 saturated carbocycles. The zero-order valence-corrected chi connectivity index (χ0v) is 52.1. The van der Waals surface area contributed by atoms with Crippen molar-refractivity contribution in [3.8, 4) is 0 Å². The van der Waals surface area contributed by atoms with Crippen molar-refractivity contribution in [1.82, 2.24) is 0 Å². The van der Waals surface area contributed by atoms with Crippen LogP contribution in [0.15, 0.2) is 97.2 Å². The van der Waals surface area contributed by atoms with Crippen LogP contribution < -0.4 is 0 Å². The molecule has 0 amide bonds. The number of ether oxygens (including phenoxy) is 3. The quantitative estimate of drug-likeness (QED) is 0.0261. The van der Waals surface area contributed by atoms with Gasteiger partial charge in [0.15, 0.2) is 6.10 Å². The molecular weight excluding hydrogens is 973 g/mol. The topological polar surface area (TPSA) is 78.9 Å². The zero-order chi connectivity index (χ0) is 57.1. The molecule has 6 heteroatoms. The second-order valence-corrected chi connectivity index (χ2v) is 22.3. The molecule has 0 heterocycles. The fourth-order valence-corrected chi connectivity index (χ4v) is 9.50. The third kappa shape index (κ3) is 65.0. The first-order valence-corrected chi connectivity index (χ1v) is 33.7. The predicted octanol–water partition coefficient (Wildman–Crippen LogP) is 23.2. The van der Waals surface area contributed by atoms with Crippen LogP contribution in [0.5, 0.6) is 0 Å². The van der Waals surface area contributed by atoms with Crippen LogP contribution in [0.2, 0.25) is 0 Å². The minimum atomic E-state index is -0.789. The van der Waals surface area contributed by atoms with E-state index >= 15 is 0 Å². The summed E-state index contributed by atoms with van der Waals surface area (Å²) in [6.07, 6.45) is 89.8. The molecule has 0 fully saturated rings. The summed E-state index contributed by atoms with van der Waals surface area (Å²) in [5, 5.41) is 0. The van der Waals surface area contributed by atoms with Crippen molar-refractivity contribution < 1.29 is 28.6 Å². The number of rotatable bonds is 61. The summed E-state index contributed by atoms with van der Waals surface area (Å²) in [7, 11) is 0. The number of allylic oxidation sites excluding steroid dienone is 16. The molecule has 0 saturated heterocycles. The Morgan fingerprint density at radius 3 is 0.785 bits per heavy atom. The van der Waals surface area contributed by atoms with E-state index in [2.05, 4.69) is 118 Å². The molecule has 0 aromatic carbocycles. The van der Waals surface area contributed by atoms with E-state index < -0.39 is 6.10 Å². The Bertz CT molecular complexity index is 1540. The average Bonchev–Trinajstić information content (AvgIpc) is 3.45. The number of carbonyl (C=O) groups is 3. The molecule has 1 atom stereocenters. The Morgan fingerprint density at radius 2 is 0.494 bits per heavy atom. The SMILES string of the molecule is CC/C=C\C/C=C\C/C=C\C/C=C\C/C=C\CCCCCCCCCC(=O)OCC(COC(=O)CCCCCCCCC/C=C\CCCCCCCC)OC(=O)CCCCCCCCCCC/C=C\C/C=C\CCCCCCC. The van der Waals surface area contributed by atoms with Crippen molar-refractivity contribution in [3.63, 3.8) is 0 Å². The van der Waals surface area contributed by atoms with Crippen LogP contribution in [-0.2, 0) is 28.6 Å². The molecule has 0 aromatic rings. The van der Waals surface area contributed by atoms with E-state index in [9.17, 15) is 14.4 Å². The number of esters is 3. The first kappa shape index (κ1) is 75.3. The summed E-state index contributed by atoms with van der Waals surface area (Å²) >= 11 is 0. The molecule has 454 valence electrons. The Kier molecular flexibility index (Phi) is 63.7. The molecule has 0 aliphatic rings. The van der Waals surface area contributed by atoms with Crippen LogP contribution in [0.25, 0.3) is 0 Å². The van der Waals surface area contributed by atoms with Crippen LogP contribution in [0.1, 0.15) is 329 Å². The first-order valence-electron chi connectivity index (χ1n) is 33.7. The maximum absolute atomic E-state index is 12.9. The molecule has 0 radical (unpaired) electrons. The lowest BCUT2D eigenvalue weighted by Gasteiger charge is -2.18. The van der Waals surface area contributed by atoms with Gasteiger partial charge < -0.3 is 14.2 Å². The van der Waals surface area contributed by atoms with Crippen LogP contribution in [0.3, 0.4) is 0 Å². The van der Waals surface area contributed by atoms with Crippen LogP contribution in [0.4, 0.5) is 0 Å². The van der Waals surface area contributed by atoms with Crippen molar-refractivity contribution in [2.45, 2.75) is 335 Å². The molecule has 1 unspecified atom stereocenters. The summed E-state index contributed by atoms with van der Waals surface area (Å²) in [6, 6.07) is 0. The van der Waals surface area contributed by atoms with Crippen LogP contribution >= 0.6 is 0 Å². The first-order chi connectivity index (χ1) is 39.0. The highest BCUT2D eigenvalue weighted by atomic mass is 16.6. The molecular formula is C73H126O6. The fourth-order valence-electron chi connectivity index (χ4n) is 9.50. The Hall–Kier alpha value is -3.67. The summed E-state index contributed by atoms with van der Waals surface area (Å²) in [5.41, 5.74) is 0. The molecule has 0 rings (SSSR count). The van der Waals surface area contributed by atoms with Crippen molar-refractivity contribution in [2.75, 3.05) is 13.2 Å². The second kappa shape index (κ2) is 66.8. The minimum Gasteiger partial charge on any atom is -0.462 e. The summed E-state index contributed by atoms with van der Waals surface area (Å²) in [4.78, 5) is 38.4. The third-order valence-electron chi connectivity index (χ3n) is 14.5. The van der Waals surface area contributed by atoms with E-state index in [4.69, 9.17) is 14.2 Å². The lowest BCUT2D eigenvalue weighted by atomic mass is 10.1. The molecule has 79 heavy (non-hydrogen) atoms. The standard InChI is InChI=1S/C73H126O6/c1-4-7-10-13-16-19-22-25-28-31-33-35-36-38-39-42-45-48-51-54-57-60-63-66-72(75)78-69-70(68-77-71(74)65-62-59-56-53-50-47-44-41-30-27-24-21-18-15-12-9-6-3)79-73(76)67-64-61-58-55-52-49-46-43-40-37-34-32-29-26-23-20-17-14-11-8-5-2/h7,10,16,19,23,25-28,30,32-35,38-39,70H,4-6,8-9,11-15,17-18,20-22,24,29,31,36-37,40-69H2,1-3H3/b10-7-,19-16-,26-23-,28-25-,30-27-,34-32-,35-33-,39-38-. The van der Waals surface area contributed by atoms with Gasteiger partial charge in [0.1, 0.15) is 13.2 Å². The smallest absolute Gasteiger partial charge is 0.306 e. The highest BCUT2D eigenvalue weighted by molar-refractivity contribution is 5.71. The molecule has 0 bridgehead atoms. The van der Waals surface area contributed by atoms with E-state index in [1.165, 1.54) is 186 Å². The van der Waals surface area contributed by atoms with Gasteiger partial charge >= 0.3 is 17.9 Å². The van der Waals surface area contributed by atoms with Gasteiger partial charge in [0.2, 0.25) is 0 Å². The Labute approximate surface area is 489 Å². The van der Waals surface area contributed by atoms with Crippen molar-refractivity contribution in [3.05, 3.63) is 97.2 Å². The average molecular weight is 1100 g/mol. The maximum atomic E-state index is 12.9. The van der Waals surface area contributed by atoms with Gasteiger partial charge in [-0.2, -0.15) is 0 Å². The van der Waals surface area contributed by atoms with E-state index in [1.54, 1.807) is 0 Å². The monoisotopic (exact) mass is 1100 g/mol. The molecule has 0 aliphatic carbocycles. The Morgan fingerprint density at radius 1 is 0.266 bits per heavy atom. The van der Waals surface area contributed by atoms with Crippen LogP contribution in [-0.4, -0.2) is 37.2 Å². The lowest BCUT2D eigenvalue weighted by molar-refractivity contribution is -0.167. The van der Waals surface area contributed by atoms with Gasteiger partial charge in [-0.25, -0.2) is 0 Å². The number of unbranched alkanes of at least 4 members (excludes halogenated alkanes) is 34. The normalized spacial score (nSPS) is 12.7. The molecule has 6 nitrogen and oxygen atoms in total. The second-order valence-electron chi connectivity index (χ2n) is 22.3.